The van der Waals surface area contributed by atoms with E-state index in [4.69, 9.17) is 9.47 Å². The van der Waals surface area contributed by atoms with Crippen LogP contribution in [0.2, 0.25) is 0 Å². The maximum atomic E-state index is 12.5. The highest BCUT2D eigenvalue weighted by molar-refractivity contribution is 5.81. The van der Waals surface area contributed by atoms with E-state index in [2.05, 4.69) is 5.32 Å². The van der Waals surface area contributed by atoms with Gasteiger partial charge in [0.2, 0.25) is 0 Å². The Morgan fingerprint density at radius 1 is 1.18 bits per heavy atom. The number of rotatable bonds is 6. The van der Waals surface area contributed by atoms with E-state index < -0.39 is 6.10 Å². The van der Waals surface area contributed by atoms with Crippen molar-refractivity contribution in [3.05, 3.63) is 24.3 Å². The van der Waals surface area contributed by atoms with E-state index in [9.17, 15) is 4.79 Å². The highest BCUT2D eigenvalue weighted by Gasteiger charge is 2.23. The maximum Gasteiger partial charge on any atom is 0.261 e. The molecule has 1 amide bonds. The molecular formula is C18H27NO3. The van der Waals surface area contributed by atoms with Gasteiger partial charge in [-0.3, -0.25) is 4.79 Å². The molecule has 0 bridgehead atoms. The Kier molecular flexibility index (Phi) is 6.56. The molecule has 1 aliphatic rings. The second kappa shape index (κ2) is 8.66. The van der Waals surface area contributed by atoms with Crippen LogP contribution in [0.3, 0.4) is 0 Å². The van der Waals surface area contributed by atoms with Crippen LogP contribution in [0.1, 0.15) is 51.9 Å². The topological polar surface area (TPSA) is 47.6 Å². The Bertz CT molecular complexity index is 467. The number of hydrogen-bond acceptors (Lipinski definition) is 3. The molecule has 1 N–H and O–H groups in total. The molecule has 0 saturated heterocycles. The molecule has 1 aliphatic carbocycles. The quantitative estimate of drug-likeness (QED) is 0.815. The summed E-state index contributed by atoms with van der Waals surface area (Å²) in [6.07, 6.45) is 7.29. The van der Waals surface area contributed by atoms with Crippen LogP contribution >= 0.6 is 0 Å². The standard InChI is InChI=1S/C18H27NO3/c1-3-15(22-17-13-9-8-12-16(17)21-2)18(20)19-14-10-6-4-5-7-11-14/h8-9,12-15H,3-7,10-11H2,1-2H3,(H,19,20). The first kappa shape index (κ1) is 16.7. The number of methoxy groups -OCH3 is 1. The van der Waals surface area contributed by atoms with Gasteiger partial charge in [-0.25, -0.2) is 0 Å². The van der Waals surface area contributed by atoms with Gasteiger partial charge in [0.05, 0.1) is 7.11 Å². The first-order valence-electron chi connectivity index (χ1n) is 8.34. The van der Waals surface area contributed by atoms with Crippen molar-refractivity contribution in [1.29, 1.82) is 0 Å². The average Bonchev–Trinajstić information content (AvgIpc) is 2.81. The van der Waals surface area contributed by atoms with Gasteiger partial charge in [0.1, 0.15) is 0 Å². The van der Waals surface area contributed by atoms with Gasteiger partial charge in [-0.1, -0.05) is 44.7 Å². The van der Waals surface area contributed by atoms with Crippen LogP contribution in [0, 0.1) is 0 Å². The van der Waals surface area contributed by atoms with Gasteiger partial charge in [0.15, 0.2) is 17.6 Å². The lowest BCUT2D eigenvalue weighted by molar-refractivity contribution is -0.129. The molecular weight excluding hydrogens is 278 g/mol. The minimum Gasteiger partial charge on any atom is -0.493 e. The molecule has 0 spiro atoms. The lowest BCUT2D eigenvalue weighted by atomic mass is 10.1. The number of amides is 1. The zero-order valence-corrected chi connectivity index (χ0v) is 13.6. The van der Waals surface area contributed by atoms with Crippen LogP contribution < -0.4 is 14.8 Å². The van der Waals surface area contributed by atoms with Gasteiger partial charge in [0, 0.05) is 6.04 Å². The predicted molar refractivity (Wildman–Crippen MR) is 87.3 cm³/mol. The van der Waals surface area contributed by atoms with E-state index in [-0.39, 0.29) is 5.91 Å². The van der Waals surface area contributed by atoms with Crippen LogP contribution in [0.4, 0.5) is 0 Å². The molecule has 0 aliphatic heterocycles. The smallest absolute Gasteiger partial charge is 0.261 e. The Morgan fingerprint density at radius 3 is 2.41 bits per heavy atom. The van der Waals surface area contributed by atoms with Crippen molar-refractivity contribution in [3.8, 4) is 11.5 Å². The summed E-state index contributed by atoms with van der Waals surface area (Å²) in [6.45, 7) is 1.97. The van der Waals surface area contributed by atoms with Crippen LogP contribution in [-0.4, -0.2) is 25.2 Å². The van der Waals surface area contributed by atoms with Crippen molar-refractivity contribution < 1.29 is 14.3 Å². The molecule has 1 unspecified atom stereocenters. The van der Waals surface area contributed by atoms with Gasteiger partial charge < -0.3 is 14.8 Å². The van der Waals surface area contributed by atoms with E-state index in [0.717, 1.165) is 12.8 Å². The van der Waals surface area contributed by atoms with Gasteiger partial charge in [-0.05, 0) is 31.4 Å². The van der Waals surface area contributed by atoms with E-state index in [1.54, 1.807) is 7.11 Å². The predicted octanol–water partition coefficient (Wildman–Crippen LogP) is 3.69. The van der Waals surface area contributed by atoms with E-state index >= 15 is 0 Å². The lowest BCUT2D eigenvalue weighted by Gasteiger charge is -2.22. The molecule has 1 atom stereocenters. The number of nitrogens with one attached hydrogen (secondary N) is 1. The summed E-state index contributed by atoms with van der Waals surface area (Å²) in [5.41, 5.74) is 0. The highest BCUT2D eigenvalue weighted by Crippen LogP contribution is 2.27. The zero-order chi connectivity index (χ0) is 15.8. The maximum absolute atomic E-state index is 12.5. The summed E-state index contributed by atoms with van der Waals surface area (Å²) in [7, 11) is 1.61. The monoisotopic (exact) mass is 305 g/mol. The Labute approximate surface area is 133 Å². The molecule has 22 heavy (non-hydrogen) atoms. The Morgan fingerprint density at radius 2 is 1.82 bits per heavy atom. The minimum absolute atomic E-state index is 0.0136. The van der Waals surface area contributed by atoms with E-state index in [0.29, 0.717) is 24.0 Å². The molecule has 122 valence electrons. The molecule has 4 nitrogen and oxygen atoms in total. The second-order valence-electron chi connectivity index (χ2n) is 5.86. The fourth-order valence-corrected chi connectivity index (χ4v) is 2.91. The van der Waals surface area contributed by atoms with Crippen molar-refractivity contribution in [2.45, 2.75) is 64.0 Å². The van der Waals surface area contributed by atoms with Crippen LogP contribution in [0.15, 0.2) is 24.3 Å². The third-order valence-corrected chi connectivity index (χ3v) is 4.20. The van der Waals surface area contributed by atoms with Crippen LogP contribution in [0.5, 0.6) is 11.5 Å². The van der Waals surface area contributed by atoms with Crippen molar-refractivity contribution in [1.82, 2.24) is 5.32 Å². The van der Waals surface area contributed by atoms with Gasteiger partial charge in [-0.2, -0.15) is 0 Å². The Balaban J connectivity index is 1.96. The summed E-state index contributed by atoms with van der Waals surface area (Å²) < 4.78 is 11.2. The first-order valence-corrected chi connectivity index (χ1v) is 8.34. The summed E-state index contributed by atoms with van der Waals surface area (Å²) >= 11 is 0. The average molecular weight is 305 g/mol. The lowest BCUT2D eigenvalue weighted by Crippen LogP contribution is -2.43. The first-order chi connectivity index (χ1) is 10.7. The molecule has 4 heteroatoms. The largest absolute Gasteiger partial charge is 0.493 e. The van der Waals surface area contributed by atoms with E-state index in [1.807, 2.05) is 31.2 Å². The number of carbonyl (C=O) groups is 1. The van der Waals surface area contributed by atoms with Crippen molar-refractivity contribution in [2.75, 3.05) is 7.11 Å². The third-order valence-electron chi connectivity index (χ3n) is 4.20. The Hall–Kier alpha value is -1.71. The van der Waals surface area contributed by atoms with Crippen molar-refractivity contribution in [2.24, 2.45) is 0 Å². The highest BCUT2D eigenvalue weighted by atomic mass is 16.5. The summed E-state index contributed by atoms with van der Waals surface area (Å²) in [5, 5.41) is 3.16. The SMILES string of the molecule is CCC(Oc1ccccc1OC)C(=O)NC1CCCCCC1. The summed E-state index contributed by atoms with van der Waals surface area (Å²) in [6, 6.07) is 7.74. The van der Waals surface area contributed by atoms with Gasteiger partial charge in [0.25, 0.3) is 5.91 Å². The number of carbonyl (C=O) groups excluding carboxylic acids is 1. The van der Waals surface area contributed by atoms with Crippen molar-refractivity contribution in [3.63, 3.8) is 0 Å². The molecule has 0 radical (unpaired) electrons. The van der Waals surface area contributed by atoms with Crippen molar-refractivity contribution >= 4 is 5.91 Å². The molecule has 1 aromatic carbocycles. The fourth-order valence-electron chi connectivity index (χ4n) is 2.91. The number of para-hydroxylation sites is 2. The van der Waals surface area contributed by atoms with Gasteiger partial charge in [-0.15, -0.1) is 0 Å². The zero-order valence-electron chi connectivity index (χ0n) is 13.6. The number of ether oxygens (including phenoxy) is 2. The molecule has 1 fully saturated rings. The van der Waals surface area contributed by atoms with Gasteiger partial charge >= 0.3 is 0 Å². The minimum atomic E-state index is -0.473. The molecule has 0 heterocycles. The fraction of sp³-hybridized carbons (Fsp3) is 0.611. The third kappa shape index (κ3) is 4.65. The van der Waals surface area contributed by atoms with E-state index in [1.165, 1.54) is 25.7 Å². The molecule has 1 saturated carbocycles. The molecule has 0 aromatic heterocycles. The number of hydrogen-bond donors (Lipinski definition) is 1. The van der Waals surface area contributed by atoms with Crippen LogP contribution in [0.25, 0.3) is 0 Å². The molecule has 2 rings (SSSR count). The second-order valence-corrected chi connectivity index (χ2v) is 5.86. The summed E-state index contributed by atoms with van der Waals surface area (Å²) in [5.74, 6) is 1.26. The van der Waals surface area contributed by atoms with Crippen LogP contribution in [-0.2, 0) is 4.79 Å². The summed E-state index contributed by atoms with van der Waals surface area (Å²) in [4.78, 5) is 12.5. The number of benzene rings is 1. The normalized spacial score (nSPS) is 17.4. The molecule has 1 aromatic rings.